The standard InChI is InChI=1S/C24H26N4O2/c1-2-25-23(29)17-27-12-14-28(15-13-27)24(30)20-16-22(18-8-4-3-5-9-18)26-21-11-7-6-10-19(20)21/h3-11,16H,2,12-15,17H2,1H3,(H,25,29). The largest absolute Gasteiger partial charge is 0.355 e. The average Bonchev–Trinajstić information content (AvgIpc) is 2.79. The SMILES string of the molecule is CCNC(=O)CN1CCN(C(=O)c2cc(-c3ccccc3)nc3ccccc23)CC1. The summed E-state index contributed by atoms with van der Waals surface area (Å²) in [7, 11) is 0. The van der Waals surface area contributed by atoms with Gasteiger partial charge in [0.1, 0.15) is 0 Å². The van der Waals surface area contributed by atoms with E-state index in [4.69, 9.17) is 4.98 Å². The Morgan fingerprint density at radius 1 is 0.967 bits per heavy atom. The number of piperazine rings is 1. The van der Waals surface area contributed by atoms with E-state index in [1.807, 2.05) is 72.5 Å². The minimum absolute atomic E-state index is 0.0171. The molecule has 2 aromatic carbocycles. The Morgan fingerprint density at radius 2 is 1.67 bits per heavy atom. The number of likely N-dealkylation sites (N-methyl/N-ethyl adjacent to an activating group) is 1. The molecule has 0 saturated carbocycles. The summed E-state index contributed by atoms with van der Waals surface area (Å²) in [5, 5.41) is 3.69. The molecule has 154 valence electrons. The van der Waals surface area contributed by atoms with Crippen molar-refractivity contribution < 1.29 is 9.59 Å². The van der Waals surface area contributed by atoms with Gasteiger partial charge in [-0.25, -0.2) is 4.98 Å². The normalized spacial score (nSPS) is 14.6. The van der Waals surface area contributed by atoms with Crippen LogP contribution in [-0.2, 0) is 4.79 Å². The van der Waals surface area contributed by atoms with Crippen LogP contribution in [0.1, 0.15) is 17.3 Å². The van der Waals surface area contributed by atoms with Crippen LogP contribution < -0.4 is 5.32 Å². The number of fused-ring (bicyclic) bond motifs is 1. The van der Waals surface area contributed by atoms with E-state index in [0.717, 1.165) is 22.2 Å². The van der Waals surface area contributed by atoms with Crippen LogP contribution in [0.5, 0.6) is 0 Å². The molecule has 3 aromatic rings. The summed E-state index contributed by atoms with van der Waals surface area (Å²) in [6.45, 7) is 5.53. The minimum Gasteiger partial charge on any atom is -0.355 e. The summed E-state index contributed by atoms with van der Waals surface area (Å²) in [6.07, 6.45) is 0. The molecule has 0 unspecified atom stereocenters. The zero-order valence-corrected chi connectivity index (χ0v) is 17.2. The van der Waals surface area contributed by atoms with E-state index in [1.165, 1.54) is 0 Å². The molecule has 0 radical (unpaired) electrons. The smallest absolute Gasteiger partial charge is 0.254 e. The maximum Gasteiger partial charge on any atom is 0.254 e. The molecule has 4 rings (SSSR count). The second-order valence-corrected chi connectivity index (χ2v) is 7.46. The van der Waals surface area contributed by atoms with Gasteiger partial charge in [-0.2, -0.15) is 0 Å². The van der Waals surface area contributed by atoms with E-state index >= 15 is 0 Å². The van der Waals surface area contributed by atoms with Gasteiger partial charge in [0, 0.05) is 43.7 Å². The first-order valence-corrected chi connectivity index (χ1v) is 10.4. The van der Waals surface area contributed by atoms with E-state index in [9.17, 15) is 9.59 Å². The van der Waals surface area contributed by atoms with Gasteiger partial charge in [0.15, 0.2) is 0 Å². The number of hydrogen-bond acceptors (Lipinski definition) is 4. The number of carbonyl (C=O) groups excluding carboxylic acids is 2. The summed E-state index contributed by atoms with van der Waals surface area (Å²) in [5.74, 6) is 0.0494. The van der Waals surface area contributed by atoms with Gasteiger partial charge in [0.2, 0.25) is 5.91 Å². The summed E-state index contributed by atoms with van der Waals surface area (Å²) in [5.41, 5.74) is 3.28. The topological polar surface area (TPSA) is 65.5 Å². The van der Waals surface area contributed by atoms with E-state index in [-0.39, 0.29) is 11.8 Å². The van der Waals surface area contributed by atoms with Gasteiger partial charge in [0.05, 0.1) is 23.3 Å². The lowest BCUT2D eigenvalue weighted by Gasteiger charge is -2.34. The number of hydrogen-bond donors (Lipinski definition) is 1. The number of amides is 2. The zero-order valence-electron chi connectivity index (χ0n) is 17.2. The van der Waals surface area contributed by atoms with Crippen molar-refractivity contribution in [3.05, 3.63) is 66.2 Å². The summed E-state index contributed by atoms with van der Waals surface area (Å²) in [6, 6.07) is 19.6. The molecule has 6 nitrogen and oxygen atoms in total. The number of benzene rings is 2. The second kappa shape index (κ2) is 9.05. The molecule has 1 N–H and O–H groups in total. The van der Waals surface area contributed by atoms with Gasteiger partial charge in [-0.05, 0) is 19.1 Å². The first-order valence-electron chi connectivity index (χ1n) is 10.4. The maximum atomic E-state index is 13.4. The van der Waals surface area contributed by atoms with Gasteiger partial charge in [-0.3, -0.25) is 14.5 Å². The van der Waals surface area contributed by atoms with Gasteiger partial charge >= 0.3 is 0 Å². The van der Waals surface area contributed by atoms with Crippen molar-refractivity contribution in [1.29, 1.82) is 0 Å². The molecule has 0 bridgehead atoms. The number of pyridine rings is 1. The molecule has 6 heteroatoms. The number of rotatable bonds is 5. The van der Waals surface area contributed by atoms with Crippen molar-refractivity contribution in [2.75, 3.05) is 39.3 Å². The number of carbonyl (C=O) groups is 2. The average molecular weight is 402 g/mol. The van der Waals surface area contributed by atoms with Crippen LogP contribution in [0.3, 0.4) is 0 Å². The van der Waals surface area contributed by atoms with Gasteiger partial charge in [-0.1, -0.05) is 48.5 Å². The molecule has 1 aliphatic heterocycles. The number of para-hydroxylation sites is 1. The van der Waals surface area contributed by atoms with E-state index in [0.29, 0.717) is 44.8 Å². The van der Waals surface area contributed by atoms with Crippen molar-refractivity contribution in [2.45, 2.75) is 6.92 Å². The highest BCUT2D eigenvalue weighted by atomic mass is 16.2. The highest BCUT2D eigenvalue weighted by Gasteiger charge is 2.25. The minimum atomic E-state index is 0.0171. The van der Waals surface area contributed by atoms with E-state index in [2.05, 4.69) is 10.2 Å². The molecule has 1 aromatic heterocycles. The Labute approximate surface area is 176 Å². The third-order valence-corrected chi connectivity index (χ3v) is 5.42. The molecule has 2 amide bonds. The lowest BCUT2D eigenvalue weighted by Crippen LogP contribution is -2.51. The Bertz CT molecular complexity index is 1040. The van der Waals surface area contributed by atoms with Gasteiger partial charge in [0.25, 0.3) is 5.91 Å². The fourth-order valence-electron chi connectivity index (χ4n) is 3.84. The Morgan fingerprint density at radius 3 is 2.40 bits per heavy atom. The predicted molar refractivity (Wildman–Crippen MR) is 118 cm³/mol. The molecule has 1 fully saturated rings. The molecule has 2 heterocycles. The fraction of sp³-hybridized carbons (Fsp3) is 0.292. The van der Waals surface area contributed by atoms with Crippen LogP contribution in [0.15, 0.2) is 60.7 Å². The molecular formula is C24H26N4O2. The molecule has 0 aliphatic carbocycles. The number of nitrogens with zero attached hydrogens (tertiary/aromatic N) is 3. The highest BCUT2D eigenvalue weighted by molar-refractivity contribution is 6.07. The third kappa shape index (κ3) is 4.33. The Hall–Kier alpha value is -3.25. The monoisotopic (exact) mass is 402 g/mol. The van der Waals surface area contributed by atoms with E-state index < -0.39 is 0 Å². The van der Waals surface area contributed by atoms with Crippen LogP contribution in [0.4, 0.5) is 0 Å². The fourth-order valence-corrected chi connectivity index (χ4v) is 3.84. The van der Waals surface area contributed by atoms with Crippen LogP contribution in [-0.4, -0.2) is 65.9 Å². The molecule has 30 heavy (non-hydrogen) atoms. The van der Waals surface area contributed by atoms with Crippen molar-refractivity contribution in [3.8, 4) is 11.3 Å². The highest BCUT2D eigenvalue weighted by Crippen LogP contribution is 2.26. The molecular weight excluding hydrogens is 376 g/mol. The Balaban J connectivity index is 1.57. The van der Waals surface area contributed by atoms with Crippen molar-refractivity contribution >= 4 is 22.7 Å². The Kier molecular flexibility index (Phi) is 6.05. The van der Waals surface area contributed by atoms with Crippen molar-refractivity contribution in [1.82, 2.24) is 20.1 Å². The molecule has 0 spiro atoms. The van der Waals surface area contributed by atoms with Gasteiger partial charge < -0.3 is 10.2 Å². The summed E-state index contributed by atoms with van der Waals surface area (Å²) in [4.78, 5) is 34.0. The quantitative estimate of drug-likeness (QED) is 0.713. The molecule has 1 saturated heterocycles. The first kappa shape index (κ1) is 20.0. The van der Waals surface area contributed by atoms with Gasteiger partial charge in [-0.15, -0.1) is 0 Å². The summed E-state index contributed by atoms with van der Waals surface area (Å²) >= 11 is 0. The molecule has 0 atom stereocenters. The van der Waals surface area contributed by atoms with Crippen LogP contribution in [0.25, 0.3) is 22.2 Å². The lowest BCUT2D eigenvalue weighted by molar-refractivity contribution is -0.122. The lowest BCUT2D eigenvalue weighted by atomic mass is 10.0. The second-order valence-electron chi connectivity index (χ2n) is 7.46. The number of aromatic nitrogens is 1. The van der Waals surface area contributed by atoms with Crippen LogP contribution in [0, 0.1) is 0 Å². The maximum absolute atomic E-state index is 13.4. The number of nitrogens with one attached hydrogen (secondary N) is 1. The van der Waals surface area contributed by atoms with Crippen molar-refractivity contribution in [3.63, 3.8) is 0 Å². The van der Waals surface area contributed by atoms with E-state index in [1.54, 1.807) is 0 Å². The van der Waals surface area contributed by atoms with Crippen molar-refractivity contribution in [2.24, 2.45) is 0 Å². The first-order chi connectivity index (χ1) is 14.7. The third-order valence-electron chi connectivity index (χ3n) is 5.42. The molecule has 1 aliphatic rings. The van der Waals surface area contributed by atoms with Crippen LogP contribution in [0.2, 0.25) is 0 Å². The summed E-state index contributed by atoms with van der Waals surface area (Å²) < 4.78 is 0. The zero-order chi connectivity index (χ0) is 20.9. The van der Waals surface area contributed by atoms with Crippen LogP contribution >= 0.6 is 0 Å². The predicted octanol–water partition coefficient (Wildman–Crippen LogP) is 2.80.